The number of carbonyl (C=O) groups is 1. The molecule has 122 valence electrons. The zero-order chi connectivity index (χ0) is 15.7. The van der Waals surface area contributed by atoms with Gasteiger partial charge in [-0.2, -0.15) is 5.10 Å². The topological polar surface area (TPSA) is 70.2 Å². The van der Waals surface area contributed by atoms with E-state index in [0.29, 0.717) is 24.2 Å². The van der Waals surface area contributed by atoms with Crippen molar-refractivity contribution in [2.24, 2.45) is 0 Å². The van der Waals surface area contributed by atoms with Crippen LogP contribution in [0.1, 0.15) is 55.7 Å². The molecule has 3 atom stereocenters. The van der Waals surface area contributed by atoms with Gasteiger partial charge in [0, 0.05) is 37.3 Å². The molecule has 2 heterocycles. The van der Waals surface area contributed by atoms with Crippen LogP contribution in [0.25, 0.3) is 0 Å². The van der Waals surface area contributed by atoms with Gasteiger partial charge in [-0.25, -0.2) is 0 Å². The number of aromatic amines is 1. The molecule has 2 N–H and O–H groups in total. The van der Waals surface area contributed by atoms with Gasteiger partial charge in [-0.05, 0) is 39.7 Å². The van der Waals surface area contributed by atoms with Crippen molar-refractivity contribution >= 4 is 5.91 Å². The van der Waals surface area contributed by atoms with E-state index in [2.05, 4.69) is 41.2 Å². The number of nitrogens with one attached hydrogen (secondary N) is 2. The molecule has 0 radical (unpaired) electrons. The van der Waals surface area contributed by atoms with Crippen molar-refractivity contribution in [3.05, 3.63) is 17.5 Å². The lowest BCUT2D eigenvalue weighted by Gasteiger charge is -2.38. The minimum absolute atomic E-state index is 0.0932. The number of morpholine rings is 1. The van der Waals surface area contributed by atoms with Gasteiger partial charge in [0.1, 0.15) is 5.69 Å². The number of H-pyrrole nitrogens is 1. The molecule has 0 aromatic carbocycles. The lowest BCUT2D eigenvalue weighted by Crippen LogP contribution is -2.52. The smallest absolute Gasteiger partial charge is 0.271 e. The first-order chi connectivity index (χ1) is 10.5. The SMILES string of the molecule is CC1CN(C(C)CNC(=O)c2cc(C3CC3)[nH]n2)CC(C)O1. The average Bonchev–Trinajstić information content (AvgIpc) is 3.20. The molecule has 6 heteroatoms. The summed E-state index contributed by atoms with van der Waals surface area (Å²) in [5, 5.41) is 10.1. The van der Waals surface area contributed by atoms with Gasteiger partial charge < -0.3 is 10.1 Å². The van der Waals surface area contributed by atoms with E-state index < -0.39 is 0 Å². The number of ether oxygens (including phenoxy) is 1. The Kier molecular flexibility index (Phi) is 4.49. The highest BCUT2D eigenvalue weighted by molar-refractivity contribution is 5.92. The third-order valence-corrected chi connectivity index (χ3v) is 4.48. The molecule has 1 saturated carbocycles. The summed E-state index contributed by atoms with van der Waals surface area (Å²) in [5.41, 5.74) is 1.59. The van der Waals surface area contributed by atoms with Crippen LogP contribution < -0.4 is 5.32 Å². The maximum absolute atomic E-state index is 12.2. The summed E-state index contributed by atoms with van der Waals surface area (Å²) in [7, 11) is 0. The lowest BCUT2D eigenvalue weighted by molar-refractivity contribution is -0.0778. The molecule has 1 amide bonds. The summed E-state index contributed by atoms with van der Waals surface area (Å²) < 4.78 is 5.75. The summed E-state index contributed by atoms with van der Waals surface area (Å²) in [6, 6.07) is 2.18. The highest BCUT2D eigenvalue weighted by Crippen LogP contribution is 2.38. The molecule has 1 saturated heterocycles. The molecule has 1 aliphatic heterocycles. The minimum atomic E-state index is -0.0932. The first-order valence-corrected chi connectivity index (χ1v) is 8.26. The monoisotopic (exact) mass is 306 g/mol. The predicted molar refractivity (Wildman–Crippen MR) is 83.9 cm³/mol. The fourth-order valence-corrected chi connectivity index (χ4v) is 3.09. The van der Waals surface area contributed by atoms with Crippen molar-refractivity contribution in [1.29, 1.82) is 0 Å². The third kappa shape index (κ3) is 3.67. The fourth-order valence-electron chi connectivity index (χ4n) is 3.09. The lowest BCUT2D eigenvalue weighted by atomic mass is 10.1. The zero-order valence-corrected chi connectivity index (χ0v) is 13.6. The Morgan fingerprint density at radius 1 is 1.45 bits per heavy atom. The van der Waals surface area contributed by atoms with E-state index in [-0.39, 0.29) is 18.1 Å². The maximum Gasteiger partial charge on any atom is 0.271 e. The van der Waals surface area contributed by atoms with E-state index in [1.807, 2.05) is 6.07 Å². The molecule has 1 aromatic rings. The zero-order valence-electron chi connectivity index (χ0n) is 13.6. The second kappa shape index (κ2) is 6.38. The number of rotatable bonds is 5. The molecular formula is C16H26N4O2. The number of hydrogen-bond acceptors (Lipinski definition) is 4. The summed E-state index contributed by atoms with van der Waals surface area (Å²) >= 11 is 0. The van der Waals surface area contributed by atoms with Crippen molar-refractivity contribution in [3.63, 3.8) is 0 Å². The first kappa shape index (κ1) is 15.5. The van der Waals surface area contributed by atoms with E-state index in [0.717, 1.165) is 18.8 Å². The van der Waals surface area contributed by atoms with E-state index in [9.17, 15) is 4.79 Å². The van der Waals surface area contributed by atoms with E-state index >= 15 is 0 Å². The molecule has 3 unspecified atom stereocenters. The first-order valence-electron chi connectivity index (χ1n) is 8.26. The van der Waals surface area contributed by atoms with Gasteiger partial charge in [0.05, 0.1) is 12.2 Å². The largest absolute Gasteiger partial charge is 0.373 e. The quantitative estimate of drug-likeness (QED) is 0.865. The van der Waals surface area contributed by atoms with Crippen molar-refractivity contribution in [3.8, 4) is 0 Å². The summed E-state index contributed by atoms with van der Waals surface area (Å²) in [6.45, 7) is 8.79. The molecule has 2 fully saturated rings. The Morgan fingerprint density at radius 2 is 2.14 bits per heavy atom. The van der Waals surface area contributed by atoms with Crippen LogP contribution in [-0.2, 0) is 4.74 Å². The molecule has 0 bridgehead atoms. The number of aromatic nitrogens is 2. The Morgan fingerprint density at radius 3 is 2.77 bits per heavy atom. The number of carbonyl (C=O) groups excluding carboxylic acids is 1. The molecular weight excluding hydrogens is 280 g/mol. The summed E-state index contributed by atoms with van der Waals surface area (Å²) in [5.74, 6) is 0.494. The van der Waals surface area contributed by atoms with E-state index in [1.165, 1.54) is 12.8 Å². The number of amides is 1. The Bertz CT molecular complexity index is 516. The Labute approximate surface area is 131 Å². The van der Waals surface area contributed by atoms with Crippen LogP contribution in [0.5, 0.6) is 0 Å². The molecule has 1 aromatic heterocycles. The average molecular weight is 306 g/mol. The normalized spacial score (nSPS) is 27.6. The Balaban J connectivity index is 1.49. The van der Waals surface area contributed by atoms with Crippen LogP contribution in [0.4, 0.5) is 0 Å². The molecule has 22 heavy (non-hydrogen) atoms. The van der Waals surface area contributed by atoms with Crippen molar-refractivity contribution in [2.75, 3.05) is 19.6 Å². The van der Waals surface area contributed by atoms with Gasteiger partial charge >= 0.3 is 0 Å². The number of nitrogens with zero attached hydrogens (tertiary/aromatic N) is 2. The summed E-state index contributed by atoms with van der Waals surface area (Å²) in [4.78, 5) is 14.6. The van der Waals surface area contributed by atoms with Crippen LogP contribution in [-0.4, -0.2) is 58.9 Å². The highest BCUT2D eigenvalue weighted by atomic mass is 16.5. The third-order valence-electron chi connectivity index (χ3n) is 4.48. The van der Waals surface area contributed by atoms with Gasteiger partial charge in [0.25, 0.3) is 5.91 Å². The second-order valence-electron chi connectivity index (χ2n) is 6.75. The van der Waals surface area contributed by atoms with Crippen molar-refractivity contribution in [1.82, 2.24) is 20.4 Å². The molecule has 6 nitrogen and oxygen atoms in total. The maximum atomic E-state index is 12.2. The van der Waals surface area contributed by atoms with Crippen LogP contribution in [0.3, 0.4) is 0 Å². The van der Waals surface area contributed by atoms with Crippen LogP contribution in [0, 0.1) is 0 Å². The molecule has 3 rings (SSSR count). The second-order valence-corrected chi connectivity index (χ2v) is 6.75. The molecule has 0 spiro atoms. The van der Waals surface area contributed by atoms with Gasteiger partial charge in [0.2, 0.25) is 0 Å². The van der Waals surface area contributed by atoms with E-state index in [4.69, 9.17) is 4.74 Å². The Hall–Kier alpha value is -1.40. The molecule has 1 aliphatic carbocycles. The summed E-state index contributed by atoms with van der Waals surface area (Å²) in [6.07, 6.45) is 2.89. The number of hydrogen-bond donors (Lipinski definition) is 2. The molecule has 2 aliphatic rings. The van der Waals surface area contributed by atoms with Crippen LogP contribution in [0.15, 0.2) is 6.07 Å². The predicted octanol–water partition coefficient (Wildman–Crippen LogP) is 1.51. The fraction of sp³-hybridized carbons (Fsp3) is 0.750. The standard InChI is InChI=1S/C16H26N4O2/c1-10(20-8-11(2)22-12(3)9-20)7-17-16(21)15-6-14(18-19-15)13-4-5-13/h6,10-13H,4-5,7-9H2,1-3H3,(H,17,21)(H,18,19). The van der Waals surface area contributed by atoms with Crippen LogP contribution >= 0.6 is 0 Å². The van der Waals surface area contributed by atoms with Crippen molar-refractivity contribution < 1.29 is 9.53 Å². The minimum Gasteiger partial charge on any atom is -0.373 e. The van der Waals surface area contributed by atoms with Gasteiger partial charge in [-0.15, -0.1) is 0 Å². The van der Waals surface area contributed by atoms with Gasteiger partial charge in [-0.3, -0.25) is 14.8 Å². The van der Waals surface area contributed by atoms with Crippen molar-refractivity contribution in [2.45, 2.75) is 57.8 Å². The van der Waals surface area contributed by atoms with Gasteiger partial charge in [-0.1, -0.05) is 0 Å². The van der Waals surface area contributed by atoms with Crippen LogP contribution in [0.2, 0.25) is 0 Å². The highest BCUT2D eigenvalue weighted by Gasteiger charge is 2.28. The van der Waals surface area contributed by atoms with E-state index in [1.54, 1.807) is 0 Å². The van der Waals surface area contributed by atoms with Gasteiger partial charge in [0.15, 0.2) is 0 Å².